The molecule has 2 spiro atoms. The summed E-state index contributed by atoms with van der Waals surface area (Å²) >= 11 is 0. The van der Waals surface area contributed by atoms with Crippen molar-refractivity contribution in [2.45, 2.75) is 103 Å². The highest BCUT2D eigenvalue weighted by atomic mass is 19.1. The van der Waals surface area contributed by atoms with Crippen molar-refractivity contribution >= 4 is 40.0 Å². The van der Waals surface area contributed by atoms with E-state index < -0.39 is 16.6 Å². The third-order valence-electron chi connectivity index (χ3n) is 13.3. The minimum atomic E-state index is -0.868. The molecule has 12 heteroatoms. The number of nitrogens with zero attached hydrogens (tertiary/aromatic N) is 7. The number of aliphatic hydroxyl groups is 1. The van der Waals surface area contributed by atoms with Gasteiger partial charge in [0.2, 0.25) is 11.8 Å². The number of imidazole rings is 1. The maximum absolute atomic E-state index is 15.0. The first kappa shape index (κ1) is 35.3. The zero-order chi connectivity index (χ0) is 37.6. The van der Waals surface area contributed by atoms with Gasteiger partial charge in [-0.05, 0) is 115 Å². The van der Waals surface area contributed by atoms with Gasteiger partial charge in [0.15, 0.2) is 11.6 Å². The number of piperidine rings is 2. The number of likely N-dealkylation sites (tertiary alicyclic amines) is 2. The largest absolute Gasteiger partial charge is 0.395 e. The Morgan fingerprint density at radius 1 is 1.06 bits per heavy atom. The topological polar surface area (TPSA) is 120 Å². The van der Waals surface area contributed by atoms with Gasteiger partial charge in [0.1, 0.15) is 5.52 Å². The number of aliphatic hydroxyl groups excluding tert-OH is 1. The van der Waals surface area contributed by atoms with Gasteiger partial charge in [-0.15, -0.1) is 0 Å². The van der Waals surface area contributed by atoms with Gasteiger partial charge in [-0.2, -0.15) is 0 Å². The summed E-state index contributed by atoms with van der Waals surface area (Å²) < 4.78 is 16.9. The summed E-state index contributed by atoms with van der Waals surface area (Å²) in [6.07, 6.45) is 12.8. The van der Waals surface area contributed by atoms with Crippen LogP contribution in [0.4, 0.5) is 21.6 Å². The second-order valence-corrected chi connectivity index (χ2v) is 17.6. The van der Waals surface area contributed by atoms with E-state index in [1.165, 1.54) is 38.4 Å². The normalized spacial score (nSPS) is 23.4. The average molecular weight is 735 g/mol. The molecular weight excluding hydrogens is 684 g/mol. The number of amides is 2. The standard InChI is InChI=1S/C42H51FN8O3/c1-26(2)50-25-45-34-21-33(47-37(36(34)50)46-32-8-14-44-22-31(32)43)27-6-7-30-35(18-27)51(29-19-28(20-29)49-15-5-9-41(23-49)10-11-41)39(54)42(30)12-16-48(17-13-42)38(53)40(3,4)24-52/h6-8,14,18,21-22,25-26,28-29,52H,5,9-13,15-17,19-20,23-24H2,1-4H3,(H,44,46,47)/t28-,29+. The molecule has 4 aromatic rings. The second-order valence-electron chi connectivity index (χ2n) is 17.6. The number of aromatic nitrogens is 4. The third kappa shape index (κ3) is 5.70. The van der Waals surface area contributed by atoms with Crippen LogP contribution in [0.15, 0.2) is 49.1 Å². The van der Waals surface area contributed by atoms with E-state index in [9.17, 15) is 19.1 Å². The summed E-state index contributed by atoms with van der Waals surface area (Å²) in [6.45, 7) is 10.7. The Hall–Kier alpha value is -4.42. The van der Waals surface area contributed by atoms with E-state index in [1.807, 2.05) is 21.6 Å². The maximum atomic E-state index is 15.0. The van der Waals surface area contributed by atoms with Crippen LogP contribution in [0.2, 0.25) is 0 Å². The fourth-order valence-electron chi connectivity index (χ4n) is 9.68. The van der Waals surface area contributed by atoms with Crippen LogP contribution < -0.4 is 10.2 Å². The van der Waals surface area contributed by atoms with Crippen molar-refractivity contribution < 1.29 is 19.1 Å². The fourth-order valence-corrected chi connectivity index (χ4v) is 9.68. The van der Waals surface area contributed by atoms with Gasteiger partial charge in [0.05, 0.1) is 46.9 Å². The van der Waals surface area contributed by atoms with Gasteiger partial charge in [0, 0.05) is 55.2 Å². The van der Waals surface area contributed by atoms with Crippen LogP contribution >= 0.6 is 0 Å². The lowest BCUT2D eigenvalue weighted by atomic mass is 9.73. The monoisotopic (exact) mass is 734 g/mol. The Balaban J connectivity index is 1.08. The van der Waals surface area contributed by atoms with Crippen LogP contribution in [-0.4, -0.2) is 91.1 Å². The molecule has 2 saturated heterocycles. The first-order valence-electron chi connectivity index (χ1n) is 19.8. The molecular formula is C42H51FN8O3. The van der Waals surface area contributed by atoms with Crippen LogP contribution in [0, 0.1) is 16.6 Å². The molecule has 284 valence electrons. The van der Waals surface area contributed by atoms with Crippen molar-refractivity contribution in [1.82, 2.24) is 29.3 Å². The van der Waals surface area contributed by atoms with Crippen LogP contribution in [-0.2, 0) is 15.0 Å². The summed E-state index contributed by atoms with van der Waals surface area (Å²) in [5.41, 5.74) is 4.21. The first-order chi connectivity index (χ1) is 25.9. The molecule has 2 aliphatic carbocycles. The van der Waals surface area contributed by atoms with Crippen molar-refractivity contribution in [2.24, 2.45) is 10.8 Å². The van der Waals surface area contributed by atoms with E-state index in [2.05, 4.69) is 46.1 Å². The van der Waals surface area contributed by atoms with Gasteiger partial charge in [0.25, 0.3) is 0 Å². The molecule has 3 aliphatic heterocycles. The highest BCUT2D eigenvalue weighted by molar-refractivity contribution is 6.09. The number of benzene rings is 1. The fraction of sp³-hybridized carbons (Fsp3) is 0.548. The number of carbonyl (C=O) groups is 2. The molecule has 0 atom stereocenters. The quantitative estimate of drug-likeness (QED) is 0.208. The second kappa shape index (κ2) is 12.8. The molecule has 0 bridgehead atoms. The number of hydrogen-bond donors (Lipinski definition) is 2. The van der Waals surface area contributed by atoms with Crippen molar-refractivity contribution in [3.63, 3.8) is 0 Å². The number of anilines is 3. The number of hydrogen-bond acceptors (Lipinski definition) is 8. The summed E-state index contributed by atoms with van der Waals surface area (Å²) in [7, 11) is 0. The Labute approximate surface area is 316 Å². The smallest absolute Gasteiger partial charge is 0.238 e. The van der Waals surface area contributed by atoms with E-state index in [-0.39, 0.29) is 36.2 Å². The van der Waals surface area contributed by atoms with Crippen molar-refractivity contribution in [3.05, 3.63) is 60.4 Å². The summed E-state index contributed by atoms with van der Waals surface area (Å²) in [5, 5.41) is 13.1. The minimum absolute atomic E-state index is 0.0769. The zero-order valence-electron chi connectivity index (χ0n) is 31.8. The molecule has 11 nitrogen and oxygen atoms in total. The van der Waals surface area contributed by atoms with E-state index in [0.29, 0.717) is 48.9 Å². The zero-order valence-corrected chi connectivity index (χ0v) is 31.8. The van der Waals surface area contributed by atoms with E-state index in [1.54, 1.807) is 32.4 Å². The van der Waals surface area contributed by atoms with Crippen LogP contribution in [0.5, 0.6) is 0 Å². The predicted octanol–water partition coefficient (Wildman–Crippen LogP) is 6.59. The van der Waals surface area contributed by atoms with E-state index in [0.717, 1.165) is 47.2 Å². The lowest BCUT2D eigenvalue weighted by Crippen LogP contribution is -2.59. The van der Waals surface area contributed by atoms with Crippen LogP contribution in [0.1, 0.15) is 90.7 Å². The molecule has 4 fully saturated rings. The number of fused-ring (bicyclic) bond motifs is 3. The number of rotatable bonds is 8. The number of pyridine rings is 2. The molecule has 54 heavy (non-hydrogen) atoms. The van der Waals surface area contributed by atoms with Crippen molar-refractivity contribution in [1.29, 1.82) is 0 Å². The SMILES string of the molecule is CC(C)n1cnc2cc(-c3ccc4c(c3)N([C@H]3C[C@@H](N5CCCC6(CC6)C5)C3)C(=O)C43CCN(C(=O)C(C)(C)CO)CC3)nc(Nc3ccncc3F)c21. The Morgan fingerprint density at radius 2 is 1.83 bits per heavy atom. The highest BCUT2D eigenvalue weighted by Crippen LogP contribution is 2.55. The van der Waals surface area contributed by atoms with E-state index in [4.69, 9.17) is 9.97 Å². The molecule has 3 aromatic heterocycles. The summed E-state index contributed by atoms with van der Waals surface area (Å²) in [4.78, 5) is 48.7. The maximum Gasteiger partial charge on any atom is 0.238 e. The van der Waals surface area contributed by atoms with Crippen LogP contribution in [0.25, 0.3) is 22.3 Å². The predicted molar refractivity (Wildman–Crippen MR) is 206 cm³/mol. The molecule has 5 aliphatic rings. The van der Waals surface area contributed by atoms with Gasteiger partial charge in [-0.25, -0.2) is 14.4 Å². The number of halogens is 1. The Morgan fingerprint density at radius 3 is 2.54 bits per heavy atom. The lowest BCUT2D eigenvalue weighted by molar-refractivity contribution is -0.145. The molecule has 1 aromatic carbocycles. The average Bonchev–Trinajstić information content (AvgIpc) is 3.66. The minimum Gasteiger partial charge on any atom is -0.395 e. The van der Waals surface area contributed by atoms with Crippen molar-refractivity contribution in [3.8, 4) is 11.3 Å². The van der Waals surface area contributed by atoms with Crippen molar-refractivity contribution in [2.75, 3.05) is 43.0 Å². The van der Waals surface area contributed by atoms with Gasteiger partial charge in [-0.3, -0.25) is 19.5 Å². The van der Waals surface area contributed by atoms with Gasteiger partial charge < -0.3 is 24.8 Å². The summed E-state index contributed by atoms with van der Waals surface area (Å²) in [6, 6.07) is 10.5. The van der Waals surface area contributed by atoms with Gasteiger partial charge in [-0.1, -0.05) is 12.1 Å². The number of carbonyl (C=O) groups excluding carboxylic acids is 2. The molecule has 2 saturated carbocycles. The molecule has 6 heterocycles. The summed E-state index contributed by atoms with van der Waals surface area (Å²) in [5.74, 6) is 0.0719. The van der Waals surface area contributed by atoms with E-state index >= 15 is 0 Å². The lowest BCUT2D eigenvalue weighted by Gasteiger charge is -2.49. The molecule has 9 rings (SSSR count). The Bertz CT molecular complexity index is 2130. The Kier molecular flexibility index (Phi) is 8.39. The highest BCUT2D eigenvalue weighted by Gasteiger charge is 2.57. The van der Waals surface area contributed by atoms with Gasteiger partial charge >= 0.3 is 0 Å². The molecule has 2 N–H and O–H groups in total. The molecule has 0 radical (unpaired) electrons. The third-order valence-corrected chi connectivity index (χ3v) is 13.3. The molecule has 2 amide bonds. The molecule has 0 unspecified atom stereocenters. The van der Waals surface area contributed by atoms with Crippen LogP contribution in [0.3, 0.4) is 0 Å². The number of nitrogens with one attached hydrogen (secondary N) is 1. The first-order valence-corrected chi connectivity index (χ1v) is 19.8.